The van der Waals surface area contributed by atoms with Crippen molar-refractivity contribution in [2.75, 3.05) is 0 Å². The standard InChI is InChI=1S/C12H15NO/c1-9(14)11-7-8-12(13-11)10-5-3-2-4-6-10/h2-6,11-13H,7-8H2,1H3/t11-,12?/m0/s1. The monoisotopic (exact) mass is 189 g/mol. The predicted octanol–water partition coefficient (Wildman–Crippen LogP) is 2.07. The van der Waals surface area contributed by atoms with Crippen molar-refractivity contribution in [2.45, 2.75) is 31.8 Å². The Morgan fingerprint density at radius 2 is 2.00 bits per heavy atom. The molecular formula is C12H15NO. The maximum Gasteiger partial charge on any atom is 0.146 e. The molecule has 0 amide bonds. The molecule has 1 fully saturated rings. The van der Waals surface area contributed by atoms with Crippen LogP contribution in [0, 0.1) is 0 Å². The minimum atomic E-state index is 0.0696. The lowest BCUT2D eigenvalue weighted by molar-refractivity contribution is -0.118. The molecule has 1 heterocycles. The molecule has 0 radical (unpaired) electrons. The number of ketones is 1. The summed E-state index contributed by atoms with van der Waals surface area (Å²) in [6, 6.07) is 10.8. The predicted molar refractivity (Wildman–Crippen MR) is 56.0 cm³/mol. The Morgan fingerprint density at radius 3 is 2.57 bits per heavy atom. The summed E-state index contributed by atoms with van der Waals surface area (Å²) in [5, 5.41) is 3.36. The maximum atomic E-state index is 11.2. The number of rotatable bonds is 2. The van der Waals surface area contributed by atoms with Crippen LogP contribution in [0.1, 0.15) is 31.4 Å². The van der Waals surface area contributed by atoms with Crippen molar-refractivity contribution in [3.63, 3.8) is 0 Å². The smallest absolute Gasteiger partial charge is 0.146 e. The Bertz CT molecular complexity index is 320. The van der Waals surface area contributed by atoms with Gasteiger partial charge in [-0.15, -0.1) is 0 Å². The molecular weight excluding hydrogens is 174 g/mol. The van der Waals surface area contributed by atoms with Gasteiger partial charge >= 0.3 is 0 Å². The second-order valence-corrected chi connectivity index (χ2v) is 3.87. The molecule has 0 spiro atoms. The van der Waals surface area contributed by atoms with Crippen LogP contribution in [0.25, 0.3) is 0 Å². The summed E-state index contributed by atoms with van der Waals surface area (Å²) in [5.41, 5.74) is 1.29. The zero-order valence-electron chi connectivity index (χ0n) is 8.36. The average Bonchev–Trinajstić information content (AvgIpc) is 2.68. The molecule has 0 aliphatic carbocycles. The third-order valence-corrected chi connectivity index (χ3v) is 2.84. The van der Waals surface area contributed by atoms with Gasteiger partial charge in [0.15, 0.2) is 0 Å². The Balaban J connectivity index is 2.06. The molecule has 1 N–H and O–H groups in total. The molecule has 1 saturated heterocycles. The first-order valence-corrected chi connectivity index (χ1v) is 5.09. The molecule has 2 atom stereocenters. The minimum Gasteiger partial charge on any atom is -0.301 e. The highest BCUT2D eigenvalue weighted by atomic mass is 16.1. The van der Waals surface area contributed by atoms with Gasteiger partial charge in [0.05, 0.1) is 6.04 Å². The van der Waals surface area contributed by atoms with E-state index in [1.54, 1.807) is 6.92 Å². The normalized spacial score (nSPS) is 26.4. The largest absolute Gasteiger partial charge is 0.301 e. The highest BCUT2D eigenvalue weighted by Crippen LogP contribution is 2.26. The molecule has 1 aromatic carbocycles. The fraction of sp³-hybridized carbons (Fsp3) is 0.417. The Labute approximate surface area is 84.3 Å². The van der Waals surface area contributed by atoms with Crippen LogP contribution < -0.4 is 5.32 Å². The third kappa shape index (κ3) is 1.85. The molecule has 1 aromatic rings. The molecule has 0 saturated carbocycles. The van der Waals surface area contributed by atoms with Crippen molar-refractivity contribution in [1.29, 1.82) is 0 Å². The number of nitrogens with one attached hydrogen (secondary N) is 1. The molecule has 0 aromatic heterocycles. The summed E-state index contributed by atoms with van der Waals surface area (Å²) in [7, 11) is 0. The van der Waals surface area contributed by atoms with Crippen molar-refractivity contribution >= 4 is 5.78 Å². The SMILES string of the molecule is CC(=O)[C@@H]1CCC(c2ccccc2)N1. The van der Waals surface area contributed by atoms with Gasteiger partial charge in [0.25, 0.3) is 0 Å². The van der Waals surface area contributed by atoms with Gasteiger partial charge < -0.3 is 5.32 Å². The van der Waals surface area contributed by atoms with Gasteiger partial charge in [-0.2, -0.15) is 0 Å². The topological polar surface area (TPSA) is 29.1 Å². The molecule has 1 unspecified atom stereocenters. The van der Waals surface area contributed by atoms with Crippen LogP contribution in [0.3, 0.4) is 0 Å². The van der Waals surface area contributed by atoms with Crippen LogP contribution >= 0.6 is 0 Å². The number of Topliss-reactive ketones (excluding diaryl/α,β-unsaturated/α-hetero) is 1. The van der Waals surface area contributed by atoms with E-state index in [4.69, 9.17) is 0 Å². The summed E-state index contributed by atoms with van der Waals surface area (Å²) < 4.78 is 0. The summed E-state index contributed by atoms with van der Waals surface area (Å²) >= 11 is 0. The second-order valence-electron chi connectivity index (χ2n) is 3.87. The van der Waals surface area contributed by atoms with E-state index in [9.17, 15) is 4.79 Å². The van der Waals surface area contributed by atoms with Crippen LogP contribution in [0.15, 0.2) is 30.3 Å². The zero-order valence-corrected chi connectivity index (χ0v) is 8.36. The van der Waals surface area contributed by atoms with Crippen molar-refractivity contribution < 1.29 is 4.79 Å². The highest BCUT2D eigenvalue weighted by molar-refractivity contribution is 5.81. The summed E-state index contributed by atoms with van der Waals surface area (Å²) in [6.45, 7) is 1.66. The lowest BCUT2D eigenvalue weighted by atomic mass is 10.1. The van der Waals surface area contributed by atoms with Gasteiger partial charge in [-0.3, -0.25) is 4.79 Å². The van der Waals surface area contributed by atoms with Crippen LogP contribution in [-0.4, -0.2) is 11.8 Å². The maximum absolute atomic E-state index is 11.2. The number of carbonyl (C=O) groups excluding carboxylic acids is 1. The van der Waals surface area contributed by atoms with Crippen LogP contribution in [0.4, 0.5) is 0 Å². The van der Waals surface area contributed by atoms with E-state index in [0.717, 1.165) is 12.8 Å². The molecule has 0 bridgehead atoms. The van der Waals surface area contributed by atoms with Gasteiger partial charge in [0.1, 0.15) is 5.78 Å². The lowest BCUT2D eigenvalue weighted by Crippen LogP contribution is -2.30. The molecule has 2 heteroatoms. The number of benzene rings is 1. The number of hydrogen-bond donors (Lipinski definition) is 1. The summed E-state index contributed by atoms with van der Waals surface area (Å²) in [6.07, 6.45) is 2.03. The lowest BCUT2D eigenvalue weighted by Gasteiger charge is -2.12. The zero-order chi connectivity index (χ0) is 9.97. The second kappa shape index (κ2) is 3.93. The van der Waals surface area contributed by atoms with Gasteiger partial charge in [-0.05, 0) is 25.3 Å². The summed E-state index contributed by atoms with van der Waals surface area (Å²) in [5.74, 6) is 0.253. The molecule has 74 valence electrons. The van der Waals surface area contributed by atoms with Crippen LogP contribution in [0.5, 0.6) is 0 Å². The van der Waals surface area contributed by atoms with Gasteiger partial charge in [0.2, 0.25) is 0 Å². The molecule has 1 aliphatic heterocycles. The first-order valence-electron chi connectivity index (χ1n) is 5.09. The first kappa shape index (κ1) is 9.41. The van der Waals surface area contributed by atoms with Gasteiger partial charge in [0, 0.05) is 6.04 Å². The van der Waals surface area contributed by atoms with Crippen LogP contribution in [0.2, 0.25) is 0 Å². The molecule has 2 nitrogen and oxygen atoms in total. The van der Waals surface area contributed by atoms with E-state index in [2.05, 4.69) is 17.4 Å². The fourth-order valence-electron chi connectivity index (χ4n) is 2.01. The Hall–Kier alpha value is -1.15. The van der Waals surface area contributed by atoms with E-state index in [-0.39, 0.29) is 11.8 Å². The average molecular weight is 189 g/mol. The van der Waals surface area contributed by atoms with Crippen molar-refractivity contribution in [2.24, 2.45) is 0 Å². The van der Waals surface area contributed by atoms with E-state index in [0.29, 0.717) is 6.04 Å². The third-order valence-electron chi connectivity index (χ3n) is 2.84. The quantitative estimate of drug-likeness (QED) is 0.771. The fourth-order valence-corrected chi connectivity index (χ4v) is 2.01. The highest BCUT2D eigenvalue weighted by Gasteiger charge is 2.27. The Morgan fingerprint density at radius 1 is 1.29 bits per heavy atom. The van der Waals surface area contributed by atoms with Crippen LogP contribution in [-0.2, 0) is 4.79 Å². The van der Waals surface area contributed by atoms with Crippen molar-refractivity contribution in [3.05, 3.63) is 35.9 Å². The molecule has 2 rings (SSSR count). The van der Waals surface area contributed by atoms with Crippen molar-refractivity contribution in [3.8, 4) is 0 Å². The number of hydrogen-bond acceptors (Lipinski definition) is 2. The Kier molecular flexibility index (Phi) is 2.64. The summed E-state index contributed by atoms with van der Waals surface area (Å²) in [4.78, 5) is 11.2. The minimum absolute atomic E-state index is 0.0696. The van der Waals surface area contributed by atoms with Gasteiger partial charge in [-0.1, -0.05) is 30.3 Å². The van der Waals surface area contributed by atoms with Crippen molar-refractivity contribution in [1.82, 2.24) is 5.32 Å². The molecule has 1 aliphatic rings. The number of carbonyl (C=O) groups is 1. The van der Waals surface area contributed by atoms with E-state index in [1.807, 2.05) is 18.2 Å². The van der Waals surface area contributed by atoms with E-state index >= 15 is 0 Å². The van der Waals surface area contributed by atoms with E-state index < -0.39 is 0 Å². The van der Waals surface area contributed by atoms with Gasteiger partial charge in [-0.25, -0.2) is 0 Å². The first-order chi connectivity index (χ1) is 6.77. The molecule has 14 heavy (non-hydrogen) atoms. The van der Waals surface area contributed by atoms with E-state index in [1.165, 1.54) is 5.56 Å².